The van der Waals surface area contributed by atoms with Gasteiger partial charge in [0.2, 0.25) is 0 Å². The van der Waals surface area contributed by atoms with Gasteiger partial charge in [-0.15, -0.1) is 0 Å². The minimum atomic E-state index is -1.76. The van der Waals surface area contributed by atoms with Gasteiger partial charge < -0.3 is 4.74 Å². The van der Waals surface area contributed by atoms with E-state index in [1.165, 1.54) is 12.1 Å². The molecular weight excluding hydrogens is 372 g/mol. The highest BCUT2D eigenvalue weighted by Crippen LogP contribution is 2.54. The largest absolute Gasteiger partial charge is 0.490 e. The van der Waals surface area contributed by atoms with E-state index in [-0.39, 0.29) is 43.0 Å². The molecule has 0 N–H and O–H groups in total. The van der Waals surface area contributed by atoms with Gasteiger partial charge in [-0.2, -0.15) is 5.26 Å². The van der Waals surface area contributed by atoms with Gasteiger partial charge in [0.1, 0.15) is 11.6 Å². The second-order valence-corrected chi connectivity index (χ2v) is 8.52. The molecule has 4 rings (SSSR count). The molecule has 0 bridgehead atoms. The Morgan fingerprint density at radius 2 is 1.85 bits per heavy atom. The van der Waals surface area contributed by atoms with Crippen LogP contribution in [0.3, 0.4) is 0 Å². The van der Waals surface area contributed by atoms with Crippen molar-refractivity contribution in [1.82, 2.24) is 0 Å². The average molecular weight is 387 g/mol. The van der Waals surface area contributed by atoms with Crippen molar-refractivity contribution in [2.75, 3.05) is 6.61 Å². The molecule has 0 radical (unpaired) electrons. The molecular formula is C20H15F2NO3S. The smallest absolute Gasteiger partial charge is 0.165 e. The van der Waals surface area contributed by atoms with E-state index in [4.69, 9.17) is 10.00 Å². The summed E-state index contributed by atoms with van der Waals surface area (Å²) in [6, 6.07) is 10.2. The van der Waals surface area contributed by atoms with Gasteiger partial charge in [-0.1, -0.05) is 0 Å². The number of benzene rings is 2. The van der Waals surface area contributed by atoms with Gasteiger partial charge in [-0.3, -0.25) is 9.00 Å². The number of ketones is 1. The van der Waals surface area contributed by atoms with Crippen molar-refractivity contribution in [3.05, 3.63) is 59.2 Å². The van der Waals surface area contributed by atoms with E-state index in [1.807, 2.05) is 6.07 Å². The van der Waals surface area contributed by atoms with Crippen LogP contribution in [-0.2, 0) is 20.3 Å². The second kappa shape index (κ2) is 6.54. The molecule has 1 fully saturated rings. The van der Waals surface area contributed by atoms with Gasteiger partial charge in [0, 0.05) is 23.7 Å². The molecule has 4 nitrogen and oxygen atoms in total. The van der Waals surface area contributed by atoms with Gasteiger partial charge in [0.05, 0.1) is 39.3 Å². The van der Waals surface area contributed by atoms with Crippen LogP contribution in [0.2, 0.25) is 0 Å². The maximum absolute atomic E-state index is 14.8. The third-order valence-corrected chi connectivity index (χ3v) is 7.45. The Balaban J connectivity index is 1.93. The van der Waals surface area contributed by atoms with Crippen molar-refractivity contribution in [2.45, 2.75) is 28.9 Å². The number of nitriles is 1. The zero-order chi connectivity index (χ0) is 19.2. The van der Waals surface area contributed by atoms with Crippen LogP contribution in [0, 0.1) is 28.9 Å². The van der Waals surface area contributed by atoms with E-state index < -0.39 is 33.1 Å². The molecule has 0 spiro atoms. The summed E-state index contributed by atoms with van der Waals surface area (Å²) in [5, 5.41) is 8.96. The van der Waals surface area contributed by atoms with Crippen LogP contribution in [0.15, 0.2) is 41.3 Å². The molecule has 0 amide bonds. The molecule has 0 aromatic heterocycles. The van der Waals surface area contributed by atoms with Gasteiger partial charge in [-0.05, 0) is 42.8 Å². The lowest BCUT2D eigenvalue weighted by Crippen LogP contribution is -2.50. The first-order valence-electron chi connectivity index (χ1n) is 8.52. The number of fused-ring (bicyclic) bond motifs is 3. The number of carbonyl (C=O) groups is 1. The molecule has 1 aliphatic carbocycles. The van der Waals surface area contributed by atoms with E-state index in [9.17, 15) is 17.8 Å². The highest BCUT2D eigenvalue weighted by atomic mass is 32.2. The minimum Gasteiger partial charge on any atom is -0.490 e. The van der Waals surface area contributed by atoms with Crippen molar-refractivity contribution < 1.29 is 22.5 Å². The highest BCUT2D eigenvalue weighted by molar-refractivity contribution is 7.86. The SMILES string of the molecule is N#Cc1ccc(S(=O)[C@@]23CCC(=O)C[C@@H]2COc2c(F)ccc(F)c23)cc1. The molecule has 1 heterocycles. The van der Waals surface area contributed by atoms with Crippen LogP contribution >= 0.6 is 0 Å². The fourth-order valence-corrected chi connectivity index (χ4v) is 5.97. The lowest BCUT2D eigenvalue weighted by Gasteiger charge is -2.46. The monoisotopic (exact) mass is 387 g/mol. The molecule has 138 valence electrons. The lowest BCUT2D eigenvalue weighted by molar-refractivity contribution is -0.123. The first-order chi connectivity index (χ1) is 13.0. The van der Waals surface area contributed by atoms with Crippen molar-refractivity contribution in [1.29, 1.82) is 5.26 Å². The normalized spacial score (nSPS) is 24.9. The number of halogens is 2. The summed E-state index contributed by atoms with van der Waals surface area (Å²) < 4.78 is 47.0. The molecule has 2 aromatic rings. The predicted octanol–water partition coefficient (Wildman–Crippen LogP) is 3.60. The van der Waals surface area contributed by atoms with E-state index in [2.05, 4.69) is 0 Å². The van der Waals surface area contributed by atoms with Crippen LogP contribution in [0.4, 0.5) is 8.78 Å². The van der Waals surface area contributed by atoms with Crippen molar-refractivity contribution >= 4 is 16.6 Å². The van der Waals surface area contributed by atoms with Crippen molar-refractivity contribution in [3.8, 4) is 11.8 Å². The zero-order valence-electron chi connectivity index (χ0n) is 14.2. The highest BCUT2D eigenvalue weighted by Gasteiger charge is 2.55. The van der Waals surface area contributed by atoms with Gasteiger partial charge in [-0.25, -0.2) is 8.78 Å². The number of hydrogen-bond acceptors (Lipinski definition) is 4. The first-order valence-corrected chi connectivity index (χ1v) is 9.67. The molecule has 1 aliphatic heterocycles. The average Bonchev–Trinajstić information content (AvgIpc) is 2.69. The van der Waals surface area contributed by atoms with Crippen LogP contribution in [-0.4, -0.2) is 16.6 Å². The Labute approximate surface area is 157 Å². The summed E-state index contributed by atoms with van der Waals surface area (Å²) in [4.78, 5) is 12.4. The maximum Gasteiger partial charge on any atom is 0.165 e. The number of rotatable bonds is 2. The Morgan fingerprint density at radius 1 is 1.15 bits per heavy atom. The number of ether oxygens (including phenoxy) is 1. The summed E-state index contributed by atoms with van der Waals surface area (Å²) in [5.74, 6) is -2.14. The topological polar surface area (TPSA) is 67.2 Å². The predicted molar refractivity (Wildman–Crippen MR) is 93.4 cm³/mol. The number of carbonyl (C=O) groups excluding carboxylic acids is 1. The summed E-state index contributed by atoms with van der Waals surface area (Å²) in [7, 11) is -1.76. The summed E-state index contributed by atoms with van der Waals surface area (Å²) in [6.07, 6.45) is 0.408. The standard InChI is InChI=1S/C20H15F2NO3S/c21-16-5-6-17(22)19-18(16)20(8-7-14(24)9-13(20)11-26-19)27(25)15-3-1-12(10-23)2-4-15/h1-6,13H,7-9,11H2/t13-,20+,27?/m1/s1. The third kappa shape index (κ3) is 2.67. The Bertz CT molecular complexity index is 1000. The Hall–Kier alpha value is -2.59. The Kier molecular flexibility index (Phi) is 4.31. The van der Waals surface area contributed by atoms with Crippen LogP contribution in [0.1, 0.15) is 30.4 Å². The second-order valence-electron chi connectivity index (χ2n) is 6.78. The van der Waals surface area contributed by atoms with Gasteiger partial charge in [0.25, 0.3) is 0 Å². The zero-order valence-corrected chi connectivity index (χ0v) is 15.0. The molecule has 2 aromatic carbocycles. The quantitative estimate of drug-likeness (QED) is 0.790. The molecule has 3 atom stereocenters. The molecule has 27 heavy (non-hydrogen) atoms. The maximum atomic E-state index is 14.8. The third-order valence-electron chi connectivity index (χ3n) is 5.35. The van der Waals surface area contributed by atoms with Crippen LogP contribution < -0.4 is 4.74 Å². The first kappa shape index (κ1) is 17.8. The number of Topliss-reactive ketones (excluding diaryl/α,β-unsaturated/α-hetero) is 1. The van der Waals surface area contributed by atoms with Crippen molar-refractivity contribution in [2.24, 2.45) is 5.92 Å². The van der Waals surface area contributed by atoms with E-state index in [0.717, 1.165) is 12.1 Å². The molecule has 7 heteroatoms. The van der Waals surface area contributed by atoms with E-state index in [0.29, 0.717) is 10.5 Å². The number of nitrogens with zero attached hydrogens (tertiary/aromatic N) is 1. The Morgan fingerprint density at radius 3 is 2.56 bits per heavy atom. The van der Waals surface area contributed by atoms with Crippen LogP contribution in [0.5, 0.6) is 5.75 Å². The van der Waals surface area contributed by atoms with Crippen LogP contribution in [0.25, 0.3) is 0 Å². The fourth-order valence-electron chi connectivity index (χ4n) is 4.05. The summed E-state index contributed by atoms with van der Waals surface area (Å²) in [6.45, 7) is 0.00112. The molecule has 1 saturated carbocycles. The van der Waals surface area contributed by atoms with E-state index >= 15 is 0 Å². The number of hydrogen-bond donors (Lipinski definition) is 0. The molecule has 2 aliphatic rings. The van der Waals surface area contributed by atoms with Gasteiger partial charge >= 0.3 is 0 Å². The molecule has 0 saturated heterocycles. The molecule has 1 unspecified atom stereocenters. The van der Waals surface area contributed by atoms with Gasteiger partial charge in [0.15, 0.2) is 11.6 Å². The minimum absolute atomic E-state index is 0.00112. The lowest BCUT2D eigenvalue weighted by atomic mass is 9.72. The summed E-state index contributed by atoms with van der Waals surface area (Å²) in [5.41, 5.74) is 0.363. The van der Waals surface area contributed by atoms with Crippen molar-refractivity contribution in [3.63, 3.8) is 0 Å². The summed E-state index contributed by atoms with van der Waals surface area (Å²) >= 11 is 0. The van der Waals surface area contributed by atoms with E-state index in [1.54, 1.807) is 12.1 Å². The fraction of sp³-hybridized carbons (Fsp3) is 0.300.